The largest absolute Gasteiger partial charge is 0.326 e. The van der Waals surface area contributed by atoms with Gasteiger partial charge in [-0.3, -0.25) is 4.57 Å². The lowest BCUT2D eigenvalue weighted by Gasteiger charge is -2.33. The van der Waals surface area contributed by atoms with E-state index in [9.17, 15) is 10.1 Å². The average Bonchev–Trinajstić information content (AvgIpc) is 3.23. The third-order valence-corrected chi connectivity index (χ3v) is 5.16. The molecule has 5 heteroatoms. The van der Waals surface area contributed by atoms with E-state index >= 15 is 0 Å². The lowest BCUT2D eigenvalue weighted by Crippen LogP contribution is -2.39. The summed E-state index contributed by atoms with van der Waals surface area (Å²) in [4.78, 5) is 17.6. The minimum absolute atomic E-state index is 0.00432. The summed E-state index contributed by atoms with van der Waals surface area (Å²) >= 11 is 0. The topological polar surface area (TPSA) is 64.8 Å². The Balaban J connectivity index is 1.50. The maximum atomic E-state index is 12.3. The van der Waals surface area contributed by atoms with Gasteiger partial charge in [-0.25, -0.2) is 4.79 Å². The smallest absolute Gasteiger partial charge is 0.306 e. The lowest BCUT2D eigenvalue weighted by atomic mass is 10.0. The van der Waals surface area contributed by atoms with Crippen LogP contribution in [-0.2, 0) is 0 Å². The van der Waals surface area contributed by atoms with Gasteiger partial charge >= 0.3 is 5.69 Å². The second-order valence-corrected chi connectivity index (χ2v) is 6.72. The van der Waals surface area contributed by atoms with Crippen molar-refractivity contribution < 1.29 is 0 Å². The van der Waals surface area contributed by atoms with Crippen molar-refractivity contribution in [2.75, 3.05) is 19.6 Å². The van der Waals surface area contributed by atoms with Crippen LogP contribution in [0.4, 0.5) is 0 Å². The summed E-state index contributed by atoms with van der Waals surface area (Å²) in [5, 5.41) is 9.22. The van der Waals surface area contributed by atoms with E-state index in [1.54, 1.807) is 0 Å². The van der Waals surface area contributed by atoms with Crippen molar-refractivity contribution >= 4 is 11.0 Å². The van der Waals surface area contributed by atoms with Gasteiger partial charge in [-0.15, -0.1) is 0 Å². The van der Waals surface area contributed by atoms with Crippen LogP contribution in [0.2, 0.25) is 0 Å². The SMILES string of the molecule is N#CC1(CN2CCC(n3c(=O)[nH]c4ccccc43)CC2)CC1. The fourth-order valence-electron chi connectivity index (χ4n) is 3.66. The molecule has 2 aromatic rings. The zero-order valence-electron chi connectivity index (χ0n) is 12.6. The number of imidazole rings is 1. The first kappa shape index (κ1) is 13.6. The molecule has 0 amide bonds. The molecule has 1 saturated carbocycles. The average molecular weight is 296 g/mol. The van der Waals surface area contributed by atoms with Crippen LogP contribution in [0.25, 0.3) is 11.0 Å². The number of rotatable bonds is 3. The number of aromatic amines is 1. The molecule has 4 rings (SSSR count). The van der Waals surface area contributed by atoms with Crippen molar-refractivity contribution in [3.63, 3.8) is 0 Å². The van der Waals surface area contributed by atoms with Crippen molar-refractivity contribution in [2.24, 2.45) is 5.41 Å². The van der Waals surface area contributed by atoms with Crippen LogP contribution >= 0.6 is 0 Å². The highest BCUT2D eigenvalue weighted by Gasteiger charge is 2.44. The Hall–Kier alpha value is -2.06. The molecule has 0 atom stereocenters. The molecule has 1 aliphatic carbocycles. The van der Waals surface area contributed by atoms with Gasteiger partial charge in [0.25, 0.3) is 0 Å². The summed E-state index contributed by atoms with van der Waals surface area (Å²) in [6.07, 6.45) is 4.04. The van der Waals surface area contributed by atoms with Gasteiger partial charge in [-0.1, -0.05) is 12.1 Å². The van der Waals surface area contributed by atoms with Crippen LogP contribution in [0, 0.1) is 16.7 Å². The lowest BCUT2D eigenvalue weighted by molar-refractivity contribution is 0.169. The molecule has 2 aliphatic rings. The number of hydrogen-bond donors (Lipinski definition) is 1. The van der Waals surface area contributed by atoms with Crippen molar-refractivity contribution in [3.8, 4) is 6.07 Å². The maximum Gasteiger partial charge on any atom is 0.326 e. The molecule has 0 bridgehead atoms. The quantitative estimate of drug-likeness (QED) is 0.945. The third-order valence-electron chi connectivity index (χ3n) is 5.16. The van der Waals surface area contributed by atoms with Gasteiger partial charge in [0.2, 0.25) is 0 Å². The zero-order valence-corrected chi connectivity index (χ0v) is 12.6. The van der Waals surface area contributed by atoms with Crippen molar-refractivity contribution in [1.29, 1.82) is 5.26 Å². The second kappa shape index (κ2) is 4.99. The molecule has 0 unspecified atom stereocenters. The molecule has 1 aromatic carbocycles. The highest BCUT2D eigenvalue weighted by Crippen LogP contribution is 2.46. The van der Waals surface area contributed by atoms with E-state index in [0.717, 1.165) is 56.4 Å². The van der Waals surface area contributed by atoms with Gasteiger partial charge in [-0.2, -0.15) is 5.26 Å². The molecule has 22 heavy (non-hydrogen) atoms. The Labute approximate surface area is 129 Å². The standard InChI is InChI=1S/C17H20N4O/c18-11-17(7-8-17)12-20-9-5-13(6-10-20)21-15-4-2-1-3-14(15)19-16(21)22/h1-4,13H,5-10,12H2,(H,19,22). The molecule has 1 N–H and O–H groups in total. The Kier molecular flexibility index (Phi) is 3.08. The number of aromatic nitrogens is 2. The van der Waals surface area contributed by atoms with E-state index in [2.05, 4.69) is 16.0 Å². The van der Waals surface area contributed by atoms with Crippen molar-refractivity contribution in [1.82, 2.24) is 14.5 Å². The normalized spacial score (nSPS) is 21.8. The van der Waals surface area contributed by atoms with Gasteiger partial charge in [0.05, 0.1) is 22.5 Å². The fraction of sp³-hybridized carbons (Fsp3) is 0.529. The van der Waals surface area contributed by atoms with Crippen LogP contribution in [-0.4, -0.2) is 34.1 Å². The number of nitriles is 1. The van der Waals surface area contributed by atoms with Crippen LogP contribution in [0.3, 0.4) is 0 Å². The van der Waals surface area contributed by atoms with Gasteiger partial charge in [0, 0.05) is 25.7 Å². The predicted octanol–water partition coefficient (Wildman–Crippen LogP) is 2.27. The number of nitrogens with zero attached hydrogens (tertiary/aromatic N) is 3. The number of piperidine rings is 1. The summed E-state index contributed by atoms with van der Waals surface area (Å²) in [6.45, 7) is 2.85. The molecular formula is C17H20N4O. The minimum atomic E-state index is -0.0650. The third kappa shape index (κ3) is 2.24. The summed E-state index contributed by atoms with van der Waals surface area (Å²) in [7, 11) is 0. The number of nitrogens with one attached hydrogen (secondary N) is 1. The molecular weight excluding hydrogens is 276 g/mol. The molecule has 0 radical (unpaired) electrons. The van der Waals surface area contributed by atoms with Gasteiger partial charge in [-0.05, 0) is 37.8 Å². The van der Waals surface area contributed by atoms with E-state index < -0.39 is 0 Å². The van der Waals surface area contributed by atoms with Crippen molar-refractivity contribution in [3.05, 3.63) is 34.7 Å². The number of likely N-dealkylation sites (tertiary alicyclic amines) is 1. The minimum Gasteiger partial charge on any atom is -0.306 e. The number of hydrogen-bond acceptors (Lipinski definition) is 3. The second-order valence-electron chi connectivity index (χ2n) is 6.72. The van der Waals surface area contributed by atoms with E-state index in [-0.39, 0.29) is 17.1 Å². The van der Waals surface area contributed by atoms with E-state index in [4.69, 9.17) is 0 Å². The Morgan fingerprint density at radius 1 is 1.27 bits per heavy atom. The van der Waals surface area contributed by atoms with Crippen LogP contribution in [0.1, 0.15) is 31.7 Å². The van der Waals surface area contributed by atoms with Gasteiger partial charge < -0.3 is 9.88 Å². The van der Waals surface area contributed by atoms with Crippen LogP contribution in [0.5, 0.6) is 0 Å². The predicted molar refractivity (Wildman–Crippen MR) is 84.5 cm³/mol. The first-order valence-electron chi connectivity index (χ1n) is 8.04. The highest BCUT2D eigenvalue weighted by atomic mass is 16.1. The number of benzene rings is 1. The van der Waals surface area contributed by atoms with E-state index in [1.807, 2.05) is 28.8 Å². The van der Waals surface area contributed by atoms with E-state index in [0.29, 0.717) is 0 Å². The zero-order chi connectivity index (χ0) is 15.2. The Morgan fingerprint density at radius 3 is 2.68 bits per heavy atom. The monoisotopic (exact) mass is 296 g/mol. The number of para-hydroxylation sites is 2. The summed E-state index contributed by atoms with van der Waals surface area (Å²) in [6, 6.07) is 10.6. The number of fused-ring (bicyclic) bond motifs is 1. The van der Waals surface area contributed by atoms with Crippen LogP contribution in [0.15, 0.2) is 29.1 Å². The molecule has 1 saturated heterocycles. The first-order valence-corrected chi connectivity index (χ1v) is 8.04. The van der Waals surface area contributed by atoms with Crippen LogP contribution < -0.4 is 5.69 Å². The fourth-order valence-corrected chi connectivity index (χ4v) is 3.66. The molecule has 114 valence electrons. The molecule has 1 aliphatic heterocycles. The van der Waals surface area contributed by atoms with Gasteiger partial charge in [0.1, 0.15) is 0 Å². The molecule has 2 heterocycles. The highest BCUT2D eigenvalue weighted by molar-refractivity contribution is 5.75. The molecule has 2 fully saturated rings. The Morgan fingerprint density at radius 2 is 2.00 bits per heavy atom. The Bertz CT molecular complexity index is 785. The first-order chi connectivity index (χ1) is 10.7. The summed E-state index contributed by atoms with van der Waals surface area (Å²) in [5.74, 6) is 0. The maximum absolute atomic E-state index is 12.3. The molecule has 1 aromatic heterocycles. The number of H-pyrrole nitrogens is 1. The summed E-state index contributed by atoms with van der Waals surface area (Å²) < 4.78 is 1.92. The molecule has 5 nitrogen and oxygen atoms in total. The molecule has 0 spiro atoms. The summed E-state index contributed by atoms with van der Waals surface area (Å²) in [5.41, 5.74) is 1.85. The van der Waals surface area contributed by atoms with Gasteiger partial charge in [0.15, 0.2) is 0 Å². The van der Waals surface area contributed by atoms with Crippen molar-refractivity contribution in [2.45, 2.75) is 31.7 Å². The van der Waals surface area contributed by atoms with E-state index in [1.165, 1.54) is 0 Å².